The Labute approximate surface area is 124 Å². The summed E-state index contributed by atoms with van der Waals surface area (Å²) in [6.07, 6.45) is 5.15. The molecule has 2 rings (SSSR count). The van der Waals surface area contributed by atoms with Crippen LogP contribution >= 0.6 is 0 Å². The van der Waals surface area contributed by atoms with Gasteiger partial charge in [0.2, 0.25) is 11.4 Å². The lowest BCUT2D eigenvalue weighted by Crippen LogP contribution is -2.18. The molecule has 0 aromatic carbocycles. The van der Waals surface area contributed by atoms with Crippen LogP contribution in [0.2, 0.25) is 0 Å². The Balaban J connectivity index is 1.49. The van der Waals surface area contributed by atoms with Gasteiger partial charge in [0.25, 0.3) is 0 Å². The second kappa shape index (κ2) is 8.92. The number of hydrogen-bond acceptors (Lipinski definition) is 4. The first-order valence-corrected chi connectivity index (χ1v) is 7.13. The molecule has 2 aromatic rings. The van der Waals surface area contributed by atoms with Crippen molar-refractivity contribution in [2.75, 3.05) is 19.8 Å². The van der Waals surface area contributed by atoms with Gasteiger partial charge >= 0.3 is 0 Å². The molecule has 0 radical (unpaired) electrons. The zero-order valence-corrected chi connectivity index (χ0v) is 12.0. The molecule has 0 saturated heterocycles. The average molecular weight is 288 g/mol. The average Bonchev–Trinajstić information content (AvgIpc) is 2.52. The third-order valence-electron chi connectivity index (χ3n) is 2.91. The number of rotatable bonds is 9. The van der Waals surface area contributed by atoms with Crippen LogP contribution in [0.5, 0.6) is 5.88 Å². The summed E-state index contributed by atoms with van der Waals surface area (Å²) in [5.41, 5.74) is 0.0289. The zero-order valence-electron chi connectivity index (χ0n) is 12.0. The van der Waals surface area contributed by atoms with Crippen LogP contribution in [-0.4, -0.2) is 29.4 Å². The largest absolute Gasteiger partial charge is 0.478 e. The fraction of sp³-hybridized carbons (Fsp3) is 0.375. The molecule has 0 aliphatic rings. The van der Waals surface area contributed by atoms with Gasteiger partial charge in [-0.05, 0) is 18.6 Å². The highest BCUT2D eigenvalue weighted by Gasteiger charge is 1.96. The molecule has 0 spiro atoms. The van der Waals surface area contributed by atoms with Gasteiger partial charge in [-0.25, -0.2) is 4.98 Å². The van der Waals surface area contributed by atoms with Crippen molar-refractivity contribution in [1.82, 2.24) is 9.55 Å². The molecule has 0 fully saturated rings. The summed E-state index contributed by atoms with van der Waals surface area (Å²) in [7, 11) is 0. The third kappa shape index (κ3) is 5.79. The predicted octanol–water partition coefficient (Wildman–Crippen LogP) is 2.12. The summed E-state index contributed by atoms with van der Waals surface area (Å²) in [4.78, 5) is 15.5. The minimum atomic E-state index is 0.0289. The maximum atomic E-state index is 11.5. The normalized spacial score (nSPS) is 10.5. The molecule has 2 aromatic heterocycles. The van der Waals surface area contributed by atoms with Gasteiger partial charge in [-0.15, -0.1) is 0 Å². The molecule has 0 amide bonds. The maximum Gasteiger partial charge on any atom is 0.250 e. The van der Waals surface area contributed by atoms with Gasteiger partial charge in [-0.1, -0.05) is 12.1 Å². The summed E-state index contributed by atoms with van der Waals surface area (Å²) < 4.78 is 12.7. The van der Waals surface area contributed by atoms with Crippen molar-refractivity contribution in [3.05, 3.63) is 59.1 Å². The lowest BCUT2D eigenvalue weighted by Gasteiger charge is -2.07. The Bertz CT molecular complexity index is 569. The predicted molar refractivity (Wildman–Crippen MR) is 80.5 cm³/mol. The van der Waals surface area contributed by atoms with Crippen LogP contribution in [0.15, 0.2) is 53.6 Å². The standard InChI is InChI=1S/C16H20N2O3/c19-16-8-2-4-10-18(16)11-5-12-20-13-6-14-21-15-7-1-3-9-17-15/h1-4,7-10H,5-6,11-14H2. The Morgan fingerprint density at radius 3 is 2.67 bits per heavy atom. The molecule has 0 aliphatic heterocycles. The molecule has 112 valence electrons. The molecule has 0 atom stereocenters. The fourth-order valence-corrected chi connectivity index (χ4v) is 1.85. The van der Waals surface area contributed by atoms with Crippen LogP contribution in [-0.2, 0) is 11.3 Å². The van der Waals surface area contributed by atoms with E-state index in [2.05, 4.69) is 4.98 Å². The van der Waals surface area contributed by atoms with Gasteiger partial charge in [0, 0.05) is 50.7 Å². The highest BCUT2D eigenvalue weighted by atomic mass is 16.5. The number of ether oxygens (including phenoxy) is 2. The highest BCUT2D eigenvalue weighted by Crippen LogP contribution is 2.03. The maximum absolute atomic E-state index is 11.5. The monoisotopic (exact) mass is 288 g/mol. The van der Waals surface area contributed by atoms with Gasteiger partial charge < -0.3 is 14.0 Å². The summed E-state index contributed by atoms with van der Waals surface area (Å²) in [6.45, 7) is 2.57. The second-order valence-corrected chi connectivity index (χ2v) is 4.57. The molecule has 21 heavy (non-hydrogen) atoms. The number of pyridine rings is 2. The summed E-state index contributed by atoms with van der Waals surface area (Å²) in [5.74, 6) is 0.640. The van der Waals surface area contributed by atoms with E-state index in [1.807, 2.05) is 24.3 Å². The Hall–Kier alpha value is -2.14. The van der Waals surface area contributed by atoms with Crippen LogP contribution in [0.25, 0.3) is 0 Å². The van der Waals surface area contributed by atoms with E-state index in [9.17, 15) is 4.79 Å². The molecule has 2 heterocycles. The molecule has 0 unspecified atom stereocenters. The van der Waals surface area contributed by atoms with E-state index in [0.717, 1.165) is 12.8 Å². The van der Waals surface area contributed by atoms with Gasteiger partial charge in [0.1, 0.15) is 0 Å². The Morgan fingerprint density at radius 1 is 1.00 bits per heavy atom. The second-order valence-electron chi connectivity index (χ2n) is 4.57. The summed E-state index contributed by atoms with van der Waals surface area (Å²) >= 11 is 0. The molecule has 0 N–H and O–H groups in total. The smallest absolute Gasteiger partial charge is 0.250 e. The minimum absolute atomic E-state index is 0.0289. The number of nitrogens with zero attached hydrogens (tertiary/aromatic N) is 2. The van der Waals surface area contributed by atoms with Crippen molar-refractivity contribution < 1.29 is 9.47 Å². The van der Waals surface area contributed by atoms with E-state index >= 15 is 0 Å². The first kappa shape index (κ1) is 15.3. The van der Waals surface area contributed by atoms with Crippen LogP contribution in [0, 0.1) is 0 Å². The van der Waals surface area contributed by atoms with Crippen molar-refractivity contribution in [3.8, 4) is 5.88 Å². The van der Waals surface area contributed by atoms with Crippen LogP contribution in [0.1, 0.15) is 12.8 Å². The fourth-order valence-electron chi connectivity index (χ4n) is 1.85. The van der Waals surface area contributed by atoms with Crippen LogP contribution in [0.3, 0.4) is 0 Å². The number of aromatic nitrogens is 2. The number of hydrogen-bond donors (Lipinski definition) is 0. The molecule has 5 nitrogen and oxygen atoms in total. The third-order valence-corrected chi connectivity index (χ3v) is 2.91. The lowest BCUT2D eigenvalue weighted by molar-refractivity contribution is 0.114. The highest BCUT2D eigenvalue weighted by molar-refractivity contribution is 5.08. The minimum Gasteiger partial charge on any atom is -0.478 e. The topological polar surface area (TPSA) is 53.4 Å². The molecular formula is C16H20N2O3. The molecule has 0 aliphatic carbocycles. The zero-order chi connectivity index (χ0) is 14.8. The summed E-state index contributed by atoms with van der Waals surface area (Å²) in [5, 5.41) is 0. The van der Waals surface area contributed by atoms with E-state index in [-0.39, 0.29) is 5.56 Å². The first-order valence-electron chi connectivity index (χ1n) is 7.13. The van der Waals surface area contributed by atoms with Crippen molar-refractivity contribution in [2.24, 2.45) is 0 Å². The molecule has 0 bridgehead atoms. The first-order chi connectivity index (χ1) is 10.4. The lowest BCUT2D eigenvalue weighted by atomic mass is 10.4. The van der Waals surface area contributed by atoms with Gasteiger partial charge in [-0.2, -0.15) is 0 Å². The SMILES string of the molecule is O=c1ccccn1CCCOCCCOc1ccccn1. The van der Waals surface area contributed by atoms with Crippen molar-refractivity contribution in [3.63, 3.8) is 0 Å². The van der Waals surface area contributed by atoms with E-state index in [4.69, 9.17) is 9.47 Å². The van der Waals surface area contributed by atoms with E-state index in [1.54, 1.807) is 29.1 Å². The number of aryl methyl sites for hydroxylation is 1. The van der Waals surface area contributed by atoms with E-state index < -0.39 is 0 Å². The van der Waals surface area contributed by atoms with E-state index in [0.29, 0.717) is 32.2 Å². The van der Waals surface area contributed by atoms with Gasteiger partial charge in [0.05, 0.1) is 6.61 Å². The van der Waals surface area contributed by atoms with Crippen molar-refractivity contribution in [1.29, 1.82) is 0 Å². The van der Waals surface area contributed by atoms with Gasteiger partial charge in [0.15, 0.2) is 0 Å². The Kier molecular flexibility index (Phi) is 6.48. The van der Waals surface area contributed by atoms with E-state index in [1.165, 1.54) is 0 Å². The van der Waals surface area contributed by atoms with Gasteiger partial charge in [-0.3, -0.25) is 4.79 Å². The quantitative estimate of drug-likeness (QED) is 0.663. The van der Waals surface area contributed by atoms with Crippen LogP contribution in [0.4, 0.5) is 0 Å². The molecular weight excluding hydrogens is 268 g/mol. The summed E-state index contributed by atoms with van der Waals surface area (Å²) in [6, 6.07) is 10.8. The van der Waals surface area contributed by atoms with Crippen molar-refractivity contribution >= 4 is 0 Å². The van der Waals surface area contributed by atoms with Crippen LogP contribution < -0.4 is 10.3 Å². The Morgan fingerprint density at radius 2 is 1.86 bits per heavy atom. The molecule has 5 heteroatoms. The molecule has 0 saturated carbocycles. The van der Waals surface area contributed by atoms with Crippen molar-refractivity contribution in [2.45, 2.75) is 19.4 Å².